The number of hydrogen-bond donors (Lipinski definition) is 0. The third kappa shape index (κ3) is 2.48. The van der Waals surface area contributed by atoms with Crippen molar-refractivity contribution in [1.82, 2.24) is 24.9 Å². The molecule has 0 N–H and O–H groups in total. The molecule has 134 valence electrons. The lowest BCUT2D eigenvalue weighted by Gasteiger charge is -2.24. The first kappa shape index (κ1) is 16.3. The lowest BCUT2D eigenvalue weighted by atomic mass is 9.80. The molecule has 2 aliphatic rings. The maximum absolute atomic E-state index is 13.0. The first-order valence-electron chi connectivity index (χ1n) is 8.98. The third-order valence-corrected chi connectivity index (χ3v) is 6.16. The first-order chi connectivity index (χ1) is 11.9. The smallest absolute Gasteiger partial charge is 0.227 e. The molecule has 3 heterocycles. The summed E-state index contributed by atoms with van der Waals surface area (Å²) in [5.74, 6) is 1.91. The van der Waals surface area contributed by atoms with Crippen LogP contribution < -0.4 is 0 Å². The van der Waals surface area contributed by atoms with Crippen molar-refractivity contribution in [3.63, 3.8) is 0 Å². The van der Waals surface area contributed by atoms with Gasteiger partial charge in [0, 0.05) is 38.3 Å². The fourth-order valence-electron chi connectivity index (χ4n) is 4.66. The van der Waals surface area contributed by atoms with Gasteiger partial charge in [-0.1, -0.05) is 6.42 Å². The van der Waals surface area contributed by atoms with E-state index in [9.17, 15) is 4.79 Å². The van der Waals surface area contributed by atoms with E-state index in [0.29, 0.717) is 24.8 Å². The molecule has 2 fully saturated rings. The molecule has 0 aromatic carbocycles. The second kappa shape index (κ2) is 5.68. The molecule has 2 aromatic heterocycles. The van der Waals surface area contributed by atoms with Crippen LogP contribution in [0.3, 0.4) is 0 Å². The van der Waals surface area contributed by atoms with Crippen molar-refractivity contribution in [1.29, 1.82) is 0 Å². The quantitative estimate of drug-likeness (QED) is 0.850. The Morgan fingerprint density at radius 2 is 2.12 bits per heavy atom. The molecule has 1 aliphatic heterocycles. The van der Waals surface area contributed by atoms with Crippen LogP contribution in [0.2, 0.25) is 0 Å². The molecule has 1 aliphatic carbocycles. The Hall–Kier alpha value is -2.18. The summed E-state index contributed by atoms with van der Waals surface area (Å²) in [4.78, 5) is 15.0. The highest BCUT2D eigenvalue weighted by molar-refractivity contribution is 5.80. The summed E-state index contributed by atoms with van der Waals surface area (Å²) >= 11 is 0. The van der Waals surface area contributed by atoms with Gasteiger partial charge in [-0.3, -0.25) is 9.48 Å². The Balaban J connectivity index is 1.56. The Bertz CT molecular complexity index is 824. The lowest BCUT2D eigenvalue weighted by Crippen LogP contribution is -2.35. The van der Waals surface area contributed by atoms with Gasteiger partial charge in [-0.05, 0) is 32.6 Å². The number of amides is 1. The van der Waals surface area contributed by atoms with Gasteiger partial charge in [-0.25, -0.2) is 0 Å². The Morgan fingerprint density at radius 1 is 1.32 bits per heavy atom. The van der Waals surface area contributed by atoms with E-state index in [1.807, 2.05) is 37.4 Å². The van der Waals surface area contributed by atoms with Gasteiger partial charge in [0.2, 0.25) is 17.7 Å². The molecule has 1 saturated carbocycles. The standard InChI is InChI=1S/C18H25N5O2/c1-11-15(12(2)22(4)21-11)8-16(24)23-9-14-6-5-7-18(14,10-23)17-20-19-13(3)25-17/h14H,5-10H2,1-4H3/t14-,18-/m0/s1. The topological polar surface area (TPSA) is 77.1 Å². The minimum Gasteiger partial charge on any atom is -0.425 e. The summed E-state index contributed by atoms with van der Waals surface area (Å²) in [6.45, 7) is 7.29. The molecular weight excluding hydrogens is 318 g/mol. The van der Waals surface area contributed by atoms with Crippen molar-refractivity contribution in [2.75, 3.05) is 13.1 Å². The monoisotopic (exact) mass is 343 g/mol. The van der Waals surface area contributed by atoms with Crippen molar-refractivity contribution in [3.05, 3.63) is 28.7 Å². The minimum absolute atomic E-state index is 0.143. The second-order valence-electron chi connectivity index (χ2n) is 7.60. The van der Waals surface area contributed by atoms with Crippen LogP contribution in [0.15, 0.2) is 4.42 Å². The van der Waals surface area contributed by atoms with Crippen molar-refractivity contribution in [3.8, 4) is 0 Å². The zero-order valence-corrected chi connectivity index (χ0v) is 15.4. The first-order valence-corrected chi connectivity index (χ1v) is 8.98. The van der Waals surface area contributed by atoms with E-state index in [0.717, 1.165) is 48.6 Å². The van der Waals surface area contributed by atoms with E-state index in [1.165, 1.54) is 0 Å². The summed E-state index contributed by atoms with van der Waals surface area (Å²) in [6.07, 6.45) is 3.72. The summed E-state index contributed by atoms with van der Waals surface area (Å²) in [6, 6.07) is 0. The van der Waals surface area contributed by atoms with Gasteiger partial charge in [0.25, 0.3) is 0 Å². The number of hydrogen-bond acceptors (Lipinski definition) is 5. The van der Waals surface area contributed by atoms with Gasteiger partial charge in [0.1, 0.15) is 0 Å². The molecule has 0 radical (unpaired) electrons. The Morgan fingerprint density at radius 3 is 2.76 bits per heavy atom. The summed E-state index contributed by atoms with van der Waals surface area (Å²) in [5.41, 5.74) is 2.91. The predicted octanol–water partition coefficient (Wildman–Crippen LogP) is 1.85. The van der Waals surface area contributed by atoms with Crippen molar-refractivity contribution in [2.24, 2.45) is 13.0 Å². The summed E-state index contributed by atoms with van der Waals surface area (Å²) in [5, 5.41) is 12.7. The summed E-state index contributed by atoms with van der Waals surface area (Å²) < 4.78 is 7.63. The number of aromatic nitrogens is 4. The average molecular weight is 343 g/mol. The number of rotatable bonds is 3. The number of carbonyl (C=O) groups excluding carboxylic acids is 1. The van der Waals surface area contributed by atoms with Crippen LogP contribution in [-0.2, 0) is 23.7 Å². The molecule has 1 amide bonds. The number of nitrogens with zero attached hydrogens (tertiary/aromatic N) is 5. The van der Waals surface area contributed by atoms with E-state index in [-0.39, 0.29) is 11.3 Å². The normalized spacial score (nSPS) is 25.6. The molecule has 1 saturated heterocycles. The van der Waals surface area contributed by atoms with E-state index < -0.39 is 0 Å². The second-order valence-corrected chi connectivity index (χ2v) is 7.60. The zero-order valence-electron chi connectivity index (χ0n) is 15.4. The molecular formula is C18H25N5O2. The van der Waals surface area contributed by atoms with Gasteiger partial charge in [-0.2, -0.15) is 5.10 Å². The van der Waals surface area contributed by atoms with Crippen LogP contribution in [0.4, 0.5) is 0 Å². The van der Waals surface area contributed by atoms with Gasteiger partial charge in [0.05, 0.1) is 17.5 Å². The van der Waals surface area contributed by atoms with Crippen LogP contribution in [0.5, 0.6) is 0 Å². The predicted molar refractivity (Wildman–Crippen MR) is 91.0 cm³/mol. The van der Waals surface area contributed by atoms with E-state index >= 15 is 0 Å². The van der Waals surface area contributed by atoms with E-state index in [2.05, 4.69) is 15.3 Å². The fourth-order valence-corrected chi connectivity index (χ4v) is 4.66. The van der Waals surface area contributed by atoms with Gasteiger partial charge >= 0.3 is 0 Å². The van der Waals surface area contributed by atoms with Crippen LogP contribution in [0, 0.1) is 26.7 Å². The molecule has 4 rings (SSSR count). The van der Waals surface area contributed by atoms with Gasteiger partial charge < -0.3 is 9.32 Å². The molecule has 0 spiro atoms. The molecule has 2 aromatic rings. The van der Waals surface area contributed by atoms with E-state index in [4.69, 9.17) is 4.42 Å². The highest BCUT2D eigenvalue weighted by Gasteiger charge is 2.54. The van der Waals surface area contributed by atoms with Crippen LogP contribution in [0.25, 0.3) is 0 Å². The molecule has 0 bridgehead atoms. The van der Waals surface area contributed by atoms with Crippen LogP contribution in [-0.4, -0.2) is 43.9 Å². The molecule has 7 nitrogen and oxygen atoms in total. The van der Waals surface area contributed by atoms with Gasteiger partial charge in [-0.15, -0.1) is 10.2 Å². The highest BCUT2D eigenvalue weighted by atomic mass is 16.4. The number of carbonyl (C=O) groups is 1. The van der Waals surface area contributed by atoms with Crippen molar-refractivity contribution in [2.45, 2.75) is 51.9 Å². The largest absolute Gasteiger partial charge is 0.425 e. The third-order valence-electron chi connectivity index (χ3n) is 6.16. The number of likely N-dealkylation sites (tertiary alicyclic amines) is 1. The molecule has 2 atom stereocenters. The maximum atomic E-state index is 13.0. The SMILES string of the molecule is Cc1nnc([C@]23CCC[C@H]2CN(C(=O)Cc2c(C)nn(C)c2C)C3)o1. The minimum atomic E-state index is -0.143. The van der Waals surface area contributed by atoms with E-state index in [1.54, 1.807) is 0 Å². The fraction of sp³-hybridized carbons (Fsp3) is 0.667. The van der Waals surface area contributed by atoms with Crippen molar-refractivity contribution >= 4 is 5.91 Å². The molecule has 7 heteroatoms. The Labute approximate surface area is 147 Å². The van der Waals surface area contributed by atoms with Crippen LogP contribution in [0.1, 0.15) is 48.0 Å². The zero-order chi connectivity index (χ0) is 17.8. The molecule has 0 unspecified atom stereocenters. The number of fused-ring (bicyclic) bond motifs is 1. The van der Waals surface area contributed by atoms with Gasteiger partial charge in [0.15, 0.2) is 0 Å². The van der Waals surface area contributed by atoms with Crippen LogP contribution >= 0.6 is 0 Å². The average Bonchev–Trinajstić information content (AvgIpc) is 3.27. The highest BCUT2D eigenvalue weighted by Crippen LogP contribution is 2.50. The maximum Gasteiger partial charge on any atom is 0.227 e. The van der Waals surface area contributed by atoms with Crippen molar-refractivity contribution < 1.29 is 9.21 Å². The molecule has 25 heavy (non-hydrogen) atoms. The number of aryl methyl sites for hydroxylation is 3. The Kier molecular flexibility index (Phi) is 3.70. The lowest BCUT2D eigenvalue weighted by molar-refractivity contribution is -0.129. The summed E-state index contributed by atoms with van der Waals surface area (Å²) in [7, 11) is 1.92.